The lowest BCUT2D eigenvalue weighted by Gasteiger charge is -2.17. The second-order valence-electron chi connectivity index (χ2n) is 6.47. The SMILES string of the molecule is CNC(=O)c1cc(S(=O)(=O)N(C)Cc2cnn(-c3ccc(F)cc3)c2)ccc1OC. The van der Waals surface area contributed by atoms with Crippen LogP contribution in [0.2, 0.25) is 0 Å². The maximum absolute atomic E-state index is 13.1. The van der Waals surface area contributed by atoms with Gasteiger partial charge in [0.25, 0.3) is 5.91 Å². The minimum absolute atomic E-state index is 0.0321. The van der Waals surface area contributed by atoms with Crippen molar-refractivity contribution < 1.29 is 22.3 Å². The minimum Gasteiger partial charge on any atom is -0.496 e. The monoisotopic (exact) mass is 432 g/mol. The van der Waals surface area contributed by atoms with E-state index in [2.05, 4.69) is 10.4 Å². The average molecular weight is 432 g/mol. The van der Waals surface area contributed by atoms with Gasteiger partial charge in [0.05, 0.1) is 29.5 Å². The molecule has 0 radical (unpaired) electrons. The quantitative estimate of drug-likeness (QED) is 0.618. The Morgan fingerprint density at radius 3 is 2.57 bits per heavy atom. The van der Waals surface area contributed by atoms with Gasteiger partial charge in [-0.15, -0.1) is 0 Å². The first-order valence-corrected chi connectivity index (χ1v) is 10.4. The molecule has 1 heterocycles. The summed E-state index contributed by atoms with van der Waals surface area (Å²) < 4.78 is 46.9. The number of nitrogens with zero attached hydrogens (tertiary/aromatic N) is 3. The molecule has 0 aliphatic rings. The third-order valence-electron chi connectivity index (χ3n) is 4.48. The van der Waals surface area contributed by atoms with Crippen molar-refractivity contribution in [3.8, 4) is 11.4 Å². The summed E-state index contributed by atoms with van der Waals surface area (Å²) in [5.41, 5.74) is 1.42. The molecule has 1 N–H and O–H groups in total. The topological polar surface area (TPSA) is 93.5 Å². The van der Waals surface area contributed by atoms with Crippen molar-refractivity contribution in [3.05, 3.63) is 71.8 Å². The van der Waals surface area contributed by atoms with Gasteiger partial charge in [0.15, 0.2) is 0 Å². The highest BCUT2D eigenvalue weighted by Gasteiger charge is 2.24. The average Bonchev–Trinajstić information content (AvgIpc) is 3.21. The van der Waals surface area contributed by atoms with E-state index in [1.165, 1.54) is 56.2 Å². The Balaban J connectivity index is 1.84. The molecular formula is C20H21FN4O4S. The van der Waals surface area contributed by atoms with E-state index in [-0.39, 0.29) is 28.6 Å². The van der Waals surface area contributed by atoms with Crippen LogP contribution >= 0.6 is 0 Å². The molecule has 8 nitrogen and oxygen atoms in total. The van der Waals surface area contributed by atoms with Crippen LogP contribution in [-0.4, -0.2) is 49.6 Å². The number of aromatic nitrogens is 2. The van der Waals surface area contributed by atoms with Crippen molar-refractivity contribution >= 4 is 15.9 Å². The van der Waals surface area contributed by atoms with E-state index in [1.54, 1.807) is 24.5 Å². The van der Waals surface area contributed by atoms with Gasteiger partial charge in [-0.2, -0.15) is 9.40 Å². The summed E-state index contributed by atoms with van der Waals surface area (Å²) in [7, 11) is 0.418. The molecule has 0 bridgehead atoms. The van der Waals surface area contributed by atoms with Gasteiger partial charge in [0.1, 0.15) is 11.6 Å². The summed E-state index contributed by atoms with van der Waals surface area (Å²) in [5, 5.41) is 6.66. The van der Waals surface area contributed by atoms with Crippen molar-refractivity contribution in [2.45, 2.75) is 11.4 Å². The van der Waals surface area contributed by atoms with Gasteiger partial charge in [-0.25, -0.2) is 17.5 Å². The number of amides is 1. The molecule has 1 aromatic heterocycles. The smallest absolute Gasteiger partial charge is 0.254 e. The number of carbonyl (C=O) groups is 1. The van der Waals surface area contributed by atoms with Crippen LogP contribution in [0.1, 0.15) is 15.9 Å². The zero-order valence-corrected chi connectivity index (χ0v) is 17.5. The third kappa shape index (κ3) is 4.34. The Kier molecular flexibility index (Phi) is 6.18. The van der Waals surface area contributed by atoms with Crippen LogP contribution in [0.3, 0.4) is 0 Å². The molecule has 0 spiro atoms. The van der Waals surface area contributed by atoms with Crippen LogP contribution in [0.5, 0.6) is 5.75 Å². The number of methoxy groups -OCH3 is 1. The van der Waals surface area contributed by atoms with E-state index in [1.807, 2.05) is 0 Å². The first-order chi connectivity index (χ1) is 14.3. The molecule has 158 valence electrons. The van der Waals surface area contributed by atoms with Gasteiger partial charge in [-0.1, -0.05) is 0 Å². The fraction of sp³-hybridized carbons (Fsp3) is 0.200. The molecule has 0 unspecified atom stereocenters. The Labute approximate surface area is 173 Å². The number of carbonyl (C=O) groups excluding carboxylic acids is 1. The second kappa shape index (κ2) is 8.64. The Morgan fingerprint density at radius 2 is 1.93 bits per heavy atom. The van der Waals surface area contributed by atoms with Crippen LogP contribution in [0.25, 0.3) is 5.69 Å². The van der Waals surface area contributed by atoms with Gasteiger partial charge in [0.2, 0.25) is 10.0 Å². The van der Waals surface area contributed by atoms with Crippen LogP contribution in [0.15, 0.2) is 59.8 Å². The molecule has 3 aromatic rings. The molecular weight excluding hydrogens is 411 g/mol. The largest absolute Gasteiger partial charge is 0.496 e. The fourth-order valence-electron chi connectivity index (χ4n) is 2.86. The number of sulfonamides is 1. The number of ether oxygens (including phenoxy) is 1. The molecule has 0 aliphatic carbocycles. The highest BCUT2D eigenvalue weighted by molar-refractivity contribution is 7.89. The molecule has 0 saturated heterocycles. The number of halogens is 1. The normalized spacial score (nSPS) is 11.5. The fourth-order valence-corrected chi connectivity index (χ4v) is 4.04. The van der Waals surface area contributed by atoms with E-state index in [0.29, 0.717) is 11.3 Å². The van der Waals surface area contributed by atoms with Gasteiger partial charge in [0, 0.05) is 32.4 Å². The molecule has 10 heteroatoms. The molecule has 0 atom stereocenters. The lowest BCUT2D eigenvalue weighted by atomic mass is 10.2. The van der Waals surface area contributed by atoms with Crippen molar-refractivity contribution in [1.29, 1.82) is 0 Å². The molecule has 1 amide bonds. The van der Waals surface area contributed by atoms with E-state index in [4.69, 9.17) is 4.74 Å². The molecule has 0 fully saturated rings. The Hall–Kier alpha value is -3.24. The van der Waals surface area contributed by atoms with E-state index in [9.17, 15) is 17.6 Å². The number of rotatable bonds is 7. The maximum Gasteiger partial charge on any atom is 0.254 e. The molecule has 0 aliphatic heterocycles. The maximum atomic E-state index is 13.1. The summed E-state index contributed by atoms with van der Waals surface area (Å²) in [6, 6.07) is 9.90. The Bertz CT molecular complexity index is 1160. The lowest BCUT2D eigenvalue weighted by Crippen LogP contribution is -2.27. The highest BCUT2D eigenvalue weighted by atomic mass is 32.2. The highest BCUT2D eigenvalue weighted by Crippen LogP contribution is 2.25. The van der Waals surface area contributed by atoms with Crippen molar-refractivity contribution in [2.24, 2.45) is 0 Å². The Morgan fingerprint density at radius 1 is 1.23 bits per heavy atom. The molecule has 2 aromatic carbocycles. The van der Waals surface area contributed by atoms with Gasteiger partial charge in [-0.3, -0.25) is 4.79 Å². The number of hydrogen-bond acceptors (Lipinski definition) is 5. The van der Waals surface area contributed by atoms with Crippen LogP contribution in [-0.2, 0) is 16.6 Å². The van der Waals surface area contributed by atoms with E-state index in [0.717, 1.165) is 4.31 Å². The van der Waals surface area contributed by atoms with Gasteiger partial charge >= 0.3 is 0 Å². The molecule has 30 heavy (non-hydrogen) atoms. The first-order valence-electron chi connectivity index (χ1n) is 8.92. The van der Waals surface area contributed by atoms with Crippen molar-refractivity contribution in [1.82, 2.24) is 19.4 Å². The molecule has 3 rings (SSSR count). The molecule has 0 saturated carbocycles. The zero-order chi connectivity index (χ0) is 21.9. The minimum atomic E-state index is -3.88. The summed E-state index contributed by atoms with van der Waals surface area (Å²) in [4.78, 5) is 12.0. The van der Waals surface area contributed by atoms with E-state index >= 15 is 0 Å². The van der Waals surface area contributed by atoms with Crippen LogP contribution in [0.4, 0.5) is 4.39 Å². The summed E-state index contributed by atoms with van der Waals surface area (Å²) in [5.74, 6) is -0.531. The lowest BCUT2D eigenvalue weighted by molar-refractivity contribution is 0.0960. The summed E-state index contributed by atoms with van der Waals surface area (Å²) >= 11 is 0. The van der Waals surface area contributed by atoms with E-state index < -0.39 is 15.9 Å². The standard InChI is InChI=1S/C20H21FN4O4S/c1-22-20(26)18-10-17(8-9-19(18)29-3)30(27,28)24(2)12-14-11-23-25(13-14)16-6-4-15(21)5-7-16/h4-11,13H,12H2,1-3H3,(H,22,26). The second-order valence-corrected chi connectivity index (χ2v) is 8.52. The summed E-state index contributed by atoms with van der Waals surface area (Å²) in [6.07, 6.45) is 3.21. The van der Waals surface area contributed by atoms with Crippen LogP contribution < -0.4 is 10.1 Å². The van der Waals surface area contributed by atoms with Gasteiger partial charge in [-0.05, 0) is 42.5 Å². The number of hydrogen-bond donors (Lipinski definition) is 1. The predicted octanol–water partition coefficient (Wildman–Crippen LogP) is 2.20. The predicted molar refractivity (Wildman–Crippen MR) is 109 cm³/mol. The number of nitrogens with one attached hydrogen (secondary N) is 1. The zero-order valence-electron chi connectivity index (χ0n) is 16.7. The van der Waals surface area contributed by atoms with Crippen molar-refractivity contribution in [3.63, 3.8) is 0 Å². The van der Waals surface area contributed by atoms with Crippen LogP contribution in [0, 0.1) is 5.82 Å². The first kappa shape index (κ1) is 21.5. The summed E-state index contributed by atoms with van der Waals surface area (Å²) in [6.45, 7) is 0.0604. The van der Waals surface area contributed by atoms with Crippen molar-refractivity contribution in [2.75, 3.05) is 21.2 Å². The van der Waals surface area contributed by atoms with Gasteiger partial charge < -0.3 is 10.1 Å². The number of benzene rings is 2. The third-order valence-corrected chi connectivity index (χ3v) is 6.28.